The van der Waals surface area contributed by atoms with E-state index in [2.05, 4.69) is 14.1 Å². The first-order valence-corrected chi connectivity index (χ1v) is 7.58. The van der Waals surface area contributed by atoms with Crippen LogP contribution in [0.5, 0.6) is 0 Å². The molecule has 2 N–H and O–H groups in total. The second kappa shape index (κ2) is 7.09. The second-order valence-corrected chi connectivity index (χ2v) is 5.45. The third-order valence-electron chi connectivity index (χ3n) is 3.30. The number of hydrogen-bond acceptors (Lipinski definition) is 7. The van der Waals surface area contributed by atoms with E-state index >= 15 is 0 Å². The van der Waals surface area contributed by atoms with Crippen molar-refractivity contribution in [1.29, 1.82) is 0 Å². The number of amides is 1. The molecule has 23 heavy (non-hydrogen) atoms. The van der Waals surface area contributed by atoms with E-state index in [-0.39, 0.29) is 28.8 Å². The number of fused-ring (bicyclic) bond motifs is 1. The fourth-order valence-corrected chi connectivity index (χ4v) is 2.66. The highest BCUT2D eigenvalue weighted by Gasteiger charge is 2.22. The van der Waals surface area contributed by atoms with Crippen molar-refractivity contribution in [2.24, 2.45) is 5.92 Å². The summed E-state index contributed by atoms with van der Waals surface area (Å²) in [5.41, 5.74) is 0.144. The molecule has 2 aromatic rings. The van der Waals surface area contributed by atoms with Gasteiger partial charge in [0.15, 0.2) is 5.52 Å². The lowest BCUT2D eigenvalue weighted by molar-refractivity contribution is -0.383. The molecule has 1 amide bonds. The van der Waals surface area contributed by atoms with Crippen molar-refractivity contribution in [3.8, 4) is 0 Å². The van der Waals surface area contributed by atoms with Gasteiger partial charge in [0, 0.05) is 18.2 Å². The van der Waals surface area contributed by atoms with E-state index in [0.29, 0.717) is 12.8 Å². The lowest BCUT2D eigenvalue weighted by atomic mass is 10.0. The number of carboxylic acids is 1. The topological polar surface area (TPSA) is 135 Å². The number of benzene rings is 1. The quantitative estimate of drug-likeness (QED) is 0.580. The Balaban J connectivity index is 2.20. The van der Waals surface area contributed by atoms with Gasteiger partial charge in [0.2, 0.25) is 0 Å². The maximum absolute atomic E-state index is 12.1. The van der Waals surface area contributed by atoms with E-state index in [9.17, 15) is 19.7 Å². The van der Waals surface area contributed by atoms with Gasteiger partial charge in [-0.15, -0.1) is 0 Å². The normalized spacial score (nSPS) is 12.0. The number of carbonyl (C=O) groups excluding carboxylic acids is 1. The van der Waals surface area contributed by atoms with Crippen LogP contribution in [0.15, 0.2) is 12.1 Å². The van der Waals surface area contributed by atoms with Gasteiger partial charge in [0.25, 0.3) is 11.6 Å². The third-order valence-corrected chi connectivity index (χ3v) is 3.84. The predicted octanol–water partition coefficient (Wildman–Crippen LogP) is 1.83. The number of aliphatic carboxylic acids is 1. The first kappa shape index (κ1) is 16.7. The van der Waals surface area contributed by atoms with Crippen molar-refractivity contribution in [2.75, 3.05) is 6.54 Å². The number of rotatable bonds is 7. The number of carboxylic acid groups (broad SMARTS) is 1. The Morgan fingerprint density at radius 3 is 2.78 bits per heavy atom. The van der Waals surface area contributed by atoms with Crippen LogP contribution in [0.4, 0.5) is 5.69 Å². The Kier molecular flexibility index (Phi) is 5.16. The molecular weight excluding hydrogens is 324 g/mol. The SMILES string of the molecule is CCCC(CNC(=O)c1cc([N+](=O)[O-])c2nsnc2c1)C(=O)O. The molecule has 122 valence electrons. The van der Waals surface area contributed by atoms with Gasteiger partial charge >= 0.3 is 5.97 Å². The molecule has 0 aliphatic heterocycles. The average Bonchev–Trinajstić information content (AvgIpc) is 2.97. The molecule has 1 aromatic heterocycles. The van der Waals surface area contributed by atoms with Crippen LogP contribution in [-0.4, -0.2) is 37.2 Å². The summed E-state index contributed by atoms with van der Waals surface area (Å²) in [6.07, 6.45) is 1.11. The molecule has 9 nitrogen and oxygen atoms in total. The summed E-state index contributed by atoms with van der Waals surface area (Å²) >= 11 is 0.820. The minimum Gasteiger partial charge on any atom is -0.481 e. The molecule has 1 unspecified atom stereocenters. The molecule has 0 fully saturated rings. The van der Waals surface area contributed by atoms with E-state index in [4.69, 9.17) is 5.11 Å². The number of nitro benzene ring substituents is 1. The van der Waals surface area contributed by atoms with Crippen molar-refractivity contribution < 1.29 is 19.6 Å². The highest BCUT2D eigenvalue weighted by Crippen LogP contribution is 2.25. The van der Waals surface area contributed by atoms with Crippen LogP contribution in [0.3, 0.4) is 0 Å². The average molecular weight is 338 g/mol. The summed E-state index contributed by atoms with van der Waals surface area (Å²) in [6.45, 7) is 1.81. The monoisotopic (exact) mass is 338 g/mol. The fraction of sp³-hybridized carbons (Fsp3) is 0.385. The summed E-state index contributed by atoms with van der Waals surface area (Å²) in [6, 6.07) is 2.52. The van der Waals surface area contributed by atoms with Gasteiger partial charge in [-0.25, -0.2) is 0 Å². The fourth-order valence-electron chi connectivity index (χ4n) is 2.12. The number of nitrogens with zero attached hydrogens (tertiary/aromatic N) is 3. The third kappa shape index (κ3) is 3.77. The van der Waals surface area contributed by atoms with Crippen molar-refractivity contribution in [3.63, 3.8) is 0 Å². The van der Waals surface area contributed by atoms with Gasteiger partial charge in [-0.2, -0.15) is 8.75 Å². The molecule has 0 saturated heterocycles. The standard InChI is InChI=1S/C13H14N4O5S/c1-2-3-7(13(19)20)6-14-12(18)8-4-9-11(16-23-15-9)10(5-8)17(21)22/h4-5,7H,2-3,6H2,1H3,(H,14,18)(H,19,20). The summed E-state index contributed by atoms with van der Waals surface area (Å²) in [4.78, 5) is 33.6. The Morgan fingerprint density at radius 2 is 2.17 bits per heavy atom. The molecule has 0 radical (unpaired) electrons. The van der Waals surface area contributed by atoms with Crippen molar-refractivity contribution >= 4 is 40.3 Å². The Morgan fingerprint density at radius 1 is 1.43 bits per heavy atom. The molecule has 1 atom stereocenters. The molecule has 10 heteroatoms. The Labute approximate surface area is 134 Å². The number of carbonyl (C=O) groups is 2. The highest BCUT2D eigenvalue weighted by atomic mass is 32.1. The van der Waals surface area contributed by atoms with Gasteiger partial charge in [-0.05, 0) is 12.5 Å². The van der Waals surface area contributed by atoms with E-state index in [1.165, 1.54) is 6.07 Å². The second-order valence-electron chi connectivity index (χ2n) is 4.92. The maximum Gasteiger partial charge on any atom is 0.308 e. The van der Waals surface area contributed by atoms with Gasteiger partial charge in [0.05, 0.1) is 22.6 Å². The number of nitrogens with one attached hydrogen (secondary N) is 1. The van der Waals surface area contributed by atoms with E-state index < -0.39 is 22.7 Å². The number of non-ortho nitro benzene ring substituents is 1. The molecule has 0 saturated carbocycles. The van der Waals surface area contributed by atoms with Crippen molar-refractivity contribution in [2.45, 2.75) is 19.8 Å². The minimum atomic E-state index is -0.989. The smallest absolute Gasteiger partial charge is 0.308 e. The van der Waals surface area contributed by atoms with Crippen molar-refractivity contribution in [1.82, 2.24) is 14.1 Å². The number of nitro groups is 1. The molecule has 1 aromatic carbocycles. The number of hydrogen-bond donors (Lipinski definition) is 2. The number of aromatic nitrogens is 2. The molecule has 1 heterocycles. The Bertz CT molecular complexity index is 760. The lowest BCUT2D eigenvalue weighted by Crippen LogP contribution is -2.32. The van der Waals surface area contributed by atoms with Crippen LogP contribution in [0.2, 0.25) is 0 Å². The molecule has 0 bridgehead atoms. The zero-order valence-electron chi connectivity index (χ0n) is 12.2. The van der Waals surface area contributed by atoms with Gasteiger partial charge in [0.1, 0.15) is 5.52 Å². The van der Waals surface area contributed by atoms with Crippen LogP contribution in [0.1, 0.15) is 30.1 Å². The summed E-state index contributed by atoms with van der Waals surface area (Å²) in [5.74, 6) is -2.26. The maximum atomic E-state index is 12.1. The van der Waals surface area contributed by atoms with Crippen LogP contribution in [0, 0.1) is 16.0 Å². The summed E-state index contributed by atoms with van der Waals surface area (Å²) < 4.78 is 7.75. The highest BCUT2D eigenvalue weighted by molar-refractivity contribution is 7.00. The van der Waals surface area contributed by atoms with Crippen LogP contribution in [0.25, 0.3) is 11.0 Å². The molecule has 0 aliphatic carbocycles. The molecule has 2 rings (SSSR count). The van der Waals surface area contributed by atoms with E-state index in [1.807, 2.05) is 6.92 Å². The zero-order chi connectivity index (χ0) is 17.0. The van der Waals surface area contributed by atoms with Crippen LogP contribution < -0.4 is 5.32 Å². The molecular formula is C13H14N4O5S. The first-order chi connectivity index (χ1) is 10.9. The Hall–Kier alpha value is -2.62. The predicted molar refractivity (Wildman–Crippen MR) is 82.4 cm³/mol. The first-order valence-electron chi connectivity index (χ1n) is 6.85. The minimum absolute atomic E-state index is 0.0385. The zero-order valence-corrected chi connectivity index (χ0v) is 13.0. The molecule has 0 aliphatic rings. The van der Waals surface area contributed by atoms with Gasteiger partial charge < -0.3 is 10.4 Å². The lowest BCUT2D eigenvalue weighted by Gasteiger charge is -2.12. The van der Waals surface area contributed by atoms with Gasteiger partial charge in [-0.3, -0.25) is 19.7 Å². The summed E-state index contributed by atoms with van der Waals surface area (Å²) in [5, 5.41) is 22.6. The van der Waals surface area contributed by atoms with Gasteiger partial charge in [-0.1, -0.05) is 13.3 Å². The molecule has 0 spiro atoms. The van der Waals surface area contributed by atoms with Crippen molar-refractivity contribution in [3.05, 3.63) is 27.8 Å². The van der Waals surface area contributed by atoms with E-state index in [0.717, 1.165) is 17.8 Å². The van der Waals surface area contributed by atoms with Crippen LogP contribution >= 0.6 is 11.7 Å². The largest absolute Gasteiger partial charge is 0.481 e. The van der Waals surface area contributed by atoms with Crippen LogP contribution in [-0.2, 0) is 4.79 Å². The van der Waals surface area contributed by atoms with E-state index in [1.54, 1.807) is 0 Å². The summed E-state index contributed by atoms with van der Waals surface area (Å²) in [7, 11) is 0.